The summed E-state index contributed by atoms with van der Waals surface area (Å²) < 4.78 is 0. The Bertz CT molecular complexity index is 622. The van der Waals surface area contributed by atoms with Crippen LogP contribution in [0.25, 0.3) is 0 Å². The van der Waals surface area contributed by atoms with Gasteiger partial charge in [0.25, 0.3) is 0 Å². The lowest BCUT2D eigenvalue weighted by molar-refractivity contribution is -0.123. The number of nitrogens with one attached hydrogen (secondary N) is 1. The molecule has 0 heterocycles. The molecule has 0 aromatic rings. The Kier molecular flexibility index (Phi) is 37.8. The summed E-state index contributed by atoms with van der Waals surface area (Å²) in [4.78, 5) is 12.3. The van der Waals surface area contributed by atoms with Gasteiger partial charge in [0.15, 0.2) is 0 Å². The van der Waals surface area contributed by atoms with Crippen molar-refractivity contribution in [3.63, 3.8) is 0 Å². The molecule has 46 heavy (non-hydrogen) atoms. The van der Waals surface area contributed by atoms with Crippen LogP contribution >= 0.6 is 0 Å². The van der Waals surface area contributed by atoms with Crippen LogP contribution in [-0.2, 0) is 4.79 Å². The largest absolute Gasteiger partial charge is 0.394 e. The maximum absolute atomic E-state index is 12.3. The molecule has 2 atom stereocenters. The molecule has 0 rings (SSSR count). The van der Waals surface area contributed by atoms with Crippen molar-refractivity contribution in [3.8, 4) is 0 Å². The summed E-state index contributed by atoms with van der Waals surface area (Å²) >= 11 is 0. The molecule has 0 bridgehead atoms. The second-order valence-corrected chi connectivity index (χ2v) is 14.4. The number of aliphatic hydroxyl groups excluding tert-OH is 2. The molecule has 0 aliphatic rings. The Morgan fingerprint density at radius 1 is 0.500 bits per heavy atom. The van der Waals surface area contributed by atoms with Gasteiger partial charge in [-0.3, -0.25) is 4.79 Å². The molecule has 3 N–H and O–H groups in total. The van der Waals surface area contributed by atoms with Crippen LogP contribution in [0.5, 0.6) is 0 Å². The molecule has 0 aromatic heterocycles. The fourth-order valence-electron chi connectivity index (χ4n) is 6.54. The standard InChI is InChI=1S/C42H83NO3/c1-3-5-7-9-11-13-14-15-16-17-18-19-20-21-22-23-24-25-26-27-28-30-31-33-35-37-41(45)40(39-44)43-42(46)38-36-34-32-29-12-10-8-6-4-2/h29,32,40-41,44-45H,3-28,30-31,33-39H2,1-2H3,(H,43,46)/b32-29-. The smallest absolute Gasteiger partial charge is 0.220 e. The number of hydrogen-bond acceptors (Lipinski definition) is 3. The topological polar surface area (TPSA) is 69.6 Å². The summed E-state index contributed by atoms with van der Waals surface area (Å²) in [6.45, 7) is 4.32. The van der Waals surface area contributed by atoms with Crippen LogP contribution in [0.4, 0.5) is 0 Å². The minimum absolute atomic E-state index is 0.0655. The van der Waals surface area contributed by atoms with E-state index in [-0.39, 0.29) is 12.5 Å². The Labute approximate surface area is 288 Å². The van der Waals surface area contributed by atoms with Gasteiger partial charge in [0.1, 0.15) is 0 Å². The third kappa shape index (κ3) is 34.5. The lowest BCUT2D eigenvalue weighted by Crippen LogP contribution is -2.45. The van der Waals surface area contributed by atoms with Crippen LogP contribution in [0.3, 0.4) is 0 Å². The highest BCUT2D eigenvalue weighted by atomic mass is 16.3. The third-order valence-corrected chi connectivity index (χ3v) is 9.78. The Morgan fingerprint density at radius 3 is 1.20 bits per heavy atom. The fourth-order valence-corrected chi connectivity index (χ4v) is 6.54. The molecule has 4 heteroatoms. The molecule has 0 fully saturated rings. The number of carbonyl (C=O) groups is 1. The van der Waals surface area contributed by atoms with E-state index in [0.717, 1.165) is 32.1 Å². The number of unbranched alkanes of at least 4 members (excludes halogenated alkanes) is 29. The summed E-state index contributed by atoms with van der Waals surface area (Å²) in [7, 11) is 0. The van der Waals surface area contributed by atoms with Crippen LogP contribution in [-0.4, -0.2) is 34.9 Å². The molecule has 2 unspecified atom stereocenters. The van der Waals surface area contributed by atoms with Gasteiger partial charge in [0, 0.05) is 6.42 Å². The predicted molar refractivity (Wildman–Crippen MR) is 202 cm³/mol. The summed E-state index contributed by atoms with van der Waals surface area (Å²) in [6, 6.07) is -0.545. The van der Waals surface area contributed by atoms with E-state index in [0.29, 0.717) is 12.8 Å². The molecular formula is C42H83NO3. The summed E-state index contributed by atoms with van der Waals surface area (Å²) in [5.41, 5.74) is 0. The van der Waals surface area contributed by atoms with Gasteiger partial charge in [-0.1, -0.05) is 206 Å². The average Bonchev–Trinajstić information content (AvgIpc) is 3.06. The van der Waals surface area contributed by atoms with Gasteiger partial charge in [-0.25, -0.2) is 0 Å². The maximum Gasteiger partial charge on any atom is 0.220 e. The number of carbonyl (C=O) groups excluding carboxylic acids is 1. The SMILES string of the molecule is CCCCCC/C=C\CCCC(=O)NC(CO)C(O)CCCCCCCCCCCCCCCCCCCCCCCCCCC. The Hall–Kier alpha value is -0.870. The van der Waals surface area contributed by atoms with E-state index in [4.69, 9.17) is 0 Å². The van der Waals surface area contributed by atoms with Crippen LogP contribution < -0.4 is 5.32 Å². The molecular weight excluding hydrogens is 566 g/mol. The molecule has 4 nitrogen and oxygen atoms in total. The van der Waals surface area contributed by atoms with E-state index in [1.54, 1.807) is 0 Å². The van der Waals surface area contributed by atoms with Crippen molar-refractivity contribution in [1.82, 2.24) is 5.32 Å². The number of hydrogen-bond donors (Lipinski definition) is 3. The van der Waals surface area contributed by atoms with Gasteiger partial charge in [-0.2, -0.15) is 0 Å². The van der Waals surface area contributed by atoms with E-state index in [1.807, 2.05) is 0 Å². The molecule has 274 valence electrons. The molecule has 1 amide bonds. The van der Waals surface area contributed by atoms with Crippen LogP contribution in [0.1, 0.15) is 232 Å². The highest BCUT2D eigenvalue weighted by molar-refractivity contribution is 5.76. The molecule has 0 saturated carbocycles. The first kappa shape index (κ1) is 45.1. The van der Waals surface area contributed by atoms with Crippen molar-refractivity contribution >= 4 is 5.91 Å². The second kappa shape index (κ2) is 38.6. The monoisotopic (exact) mass is 650 g/mol. The number of aliphatic hydroxyl groups is 2. The molecule has 0 aliphatic carbocycles. The van der Waals surface area contributed by atoms with Crippen molar-refractivity contribution in [2.45, 2.75) is 244 Å². The number of allylic oxidation sites excluding steroid dienone is 2. The van der Waals surface area contributed by atoms with Crippen molar-refractivity contribution < 1.29 is 15.0 Å². The number of rotatable bonds is 38. The lowest BCUT2D eigenvalue weighted by Gasteiger charge is -2.22. The highest BCUT2D eigenvalue weighted by Crippen LogP contribution is 2.16. The quantitative estimate of drug-likeness (QED) is 0.0460. The first-order chi connectivity index (χ1) is 22.7. The van der Waals surface area contributed by atoms with Crippen molar-refractivity contribution in [1.29, 1.82) is 0 Å². The van der Waals surface area contributed by atoms with Crippen molar-refractivity contribution in [3.05, 3.63) is 12.2 Å². The van der Waals surface area contributed by atoms with E-state index in [1.165, 1.54) is 173 Å². The van der Waals surface area contributed by atoms with E-state index < -0.39 is 12.1 Å². The lowest BCUT2D eigenvalue weighted by atomic mass is 10.0. The minimum Gasteiger partial charge on any atom is -0.394 e. The van der Waals surface area contributed by atoms with Gasteiger partial charge in [0.05, 0.1) is 18.8 Å². The molecule has 0 aliphatic heterocycles. The van der Waals surface area contributed by atoms with E-state index >= 15 is 0 Å². The van der Waals surface area contributed by atoms with Gasteiger partial charge in [-0.05, 0) is 32.1 Å². The van der Waals surface area contributed by atoms with Crippen LogP contribution in [0.2, 0.25) is 0 Å². The maximum atomic E-state index is 12.3. The summed E-state index contributed by atoms with van der Waals surface area (Å²) in [6.07, 6.45) is 47.4. The van der Waals surface area contributed by atoms with Gasteiger partial charge in [0.2, 0.25) is 5.91 Å². The Morgan fingerprint density at radius 2 is 0.826 bits per heavy atom. The zero-order valence-corrected chi connectivity index (χ0v) is 31.4. The molecule has 0 spiro atoms. The van der Waals surface area contributed by atoms with Crippen molar-refractivity contribution in [2.75, 3.05) is 6.61 Å². The molecule has 0 aromatic carbocycles. The third-order valence-electron chi connectivity index (χ3n) is 9.78. The predicted octanol–water partition coefficient (Wildman–Crippen LogP) is 12.7. The average molecular weight is 650 g/mol. The van der Waals surface area contributed by atoms with Gasteiger partial charge >= 0.3 is 0 Å². The van der Waals surface area contributed by atoms with Gasteiger partial charge in [-0.15, -0.1) is 0 Å². The van der Waals surface area contributed by atoms with Crippen LogP contribution in [0, 0.1) is 0 Å². The molecule has 0 radical (unpaired) electrons. The molecule has 0 saturated heterocycles. The van der Waals surface area contributed by atoms with Crippen LogP contribution in [0.15, 0.2) is 12.2 Å². The highest BCUT2D eigenvalue weighted by Gasteiger charge is 2.19. The zero-order valence-electron chi connectivity index (χ0n) is 31.4. The van der Waals surface area contributed by atoms with Crippen molar-refractivity contribution in [2.24, 2.45) is 0 Å². The second-order valence-electron chi connectivity index (χ2n) is 14.4. The van der Waals surface area contributed by atoms with E-state index in [9.17, 15) is 15.0 Å². The fraction of sp³-hybridized carbons (Fsp3) is 0.929. The summed E-state index contributed by atoms with van der Waals surface area (Å²) in [5.74, 6) is -0.0655. The number of amides is 1. The first-order valence-corrected chi connectivity index (χ1v) is 20.9. The first-order valence-electron chi connectivity index (χ1n) is 20.9. The van der Waals surface area contributed by atoms with E-state index in [2.05, 4.69) is 31.3 Å². The normalized spacial score (nSPS) is 13.0. The zero-order chi connectivity index (χ0) is 33.6. The van der Waals surface area contributed by atoms with Gasteiger partial charge < -0.3 is 15.5 Å². The summed E-state index contributed by atoms with van der Waals surface area (Å²) in [5, 5.41) is 23.0. The Balaban J connectivity index is 3.42. The minimum atomic E-state index is -0.665.